The zero-order valence-corrected chi connectivity index (χ0v) is 12.0. The van der Waals surface area contributed by atoms with Crippen LogP contribution in [-0.2, 0) is 16.1 Å². The molecular formula is C13H15F4NO5. The van der Waals surface area contributed by atoms with E-state index in [2.05, 4.69) is 5.32 Å². The molecule has 0 heterocycles. The van der Waals surface area contributed by atoms with E-state index in [0.717, 1.165) is 0 Å². The quantitative estimate of drug-likeness (QED) is 0.685. The molecule has 10 heteroatoms. The lowest BCUT2D eigenvalue weighted by Gasteiger charge is -2.10. The molecule has 0 aliphatic carbocycles. The number of rotatable bonds is 6. The Labute approximate surface area is 128 Å². The van der Waals surface area contributed by atoms with Gasteiger partial charge in [0.15, 0.2) is 0 Å². The fourth-order valence-corrected chi connectivity index (χ4v) is 1.27. The Kier molecular flexibility index (Phi) is 8.63. The number of benzene rings is 1. The van der Waals surface area contributed by atoms with Gasteiger partial charge in [-0.2, -0.15) is 13.2 Å². The molecule has 1 aromatic carbocycles. The van der Waals surface area contributed by atoms with Gasteiger partial charge in [-0.25, -0.2) is 9.18 Å². The van der Waals surface area contributed by atoms with Gasteiger partial charge in [0.05, 0.1) is 13.0 Å². The highest BCUT2D eigenvalue weighted by Gasteiger charge is 2.38. The third-order valence-electron chi connectivity index (χ3n) is 2.21. The molecular weight excluding hydrogens is 326 g/mol. The molecule has 6 nitrogen and oxygen atoms in total. The van der Waals surface area contributed by atoms with Gasteiger partial charge in [-0.1, -0.05) is 0 Å². The second-order valence-electron chi connectivity index (χ2n) is 4.08. The molecule has 3 N–H and O–H groups in total. The van der Waals surface area contributed by atoms with Crippen LogP contribution in [0.3, 0.4) is 0 Å². The lowest BCUT2D eigenvalue weighted by Crippen LogP contribution is -2.21. The summed E-state index contributed by atoms with van der Waals surface area (Å²) in [6.07, 6.45) is -5.16. The number of ether oxygens (including phenoxy) is 1. The van der Waals surface area contributed by atoms with Gasteiger partial charge in [0, 0.05) is 12.1 Å². The molecule has 0 unspecified atom stereocenters. The molecule has 0 fully saturated rings. The molecule has 130 valence electrons. The first-order valence-electron chi connectivity index (χ1n) is 6.15. The van der Waals surface area contributed by atoms with E-state index in [1.807, 2.05) is 0 Å². The average molecular weight is 341 g/mol. The Hall–Kier alpha value is -2.36. The zero-order chi connectivity index (χ0) is 18.0. The lowest BCUT2D eigenvalue weighted by atomic mass is 10.2. The van der Waals surface area contributed by atoms with Crippen LogP contribution in [0.25, 0.3) is 0 Å². The van der Waals surface area contributed by atoms with Crippen LogP contribution in [0.5, 0.6) is 5.75 Å². The summed E-state index contributed by atoms with van der Waals surface area (Å²) in [7, 11) is 1.74. The Morgan fingerprint density at radius 3 is 2.26 bits per heavy atom. The van der Waals surface area contributed by atoms with Gasteiger partial charge in [-0.05, 0) is 25.2 Å². The van der Waals surface area contributed by atoms with E-state index in [-0.39, 0.29) is 18.8 Å². The van der Waals surface area contributed by atoms with Crippen LogP contribution in [0.2, 0.25) is 0 Å². The van der Waals surface area contributed by atoms with Crippen molar-refractivity contribution in [3.05, 3.63) is 29.6 Å². The van der Waals surface area contributed by atoms with Crippen molar-refractivity contribution in [2.45, 2.75) is 19.1 Å². The number of carbonyl (C=O) groups is 2. The molecule has 0 saturated heterocycles. The summed E-state index contributed by atoms with van der Waals surface area (Å²) < 4.78 is 49.9. The number of alkyl halides is 3. The Morgan fingerprint density at radius 1 is 1.26 bits per heavy atom. The van der Waals surface area contributed by atoms with Crippen LogP contribution >= 0.6 is 0 Å². The van der Waals surface area contributed by atoms with Crippen molar-refractivity contribution in [3.8, 4) is 5.75 Å². The molecule has 0 aromatic heterocycles. The van der Waals surface area contributed by atoms with Crippen LogP contribution < -0.4 is 10.1 Å². The smallest absolute Gasteiger partial charge is 0.490 e. The molecule has 0 spiro atoms. The predicted molar refractivity (Wildman–Crippen MR) is 70.6 cm³/mol. The predicted octanol–water partition coefficient (Wildman–Crippen LogP) is 2.03. The van der Waals surface area contributed by atoms with Gasteiger partial charge >= 0.3 is 18.1 Å². The minimum atomic E-state index is -5.08. The number of carboxylic acid groups (broad SMARTS) is 2. The van der Waals surface area contributed by atoms with Crippen molar-refractivity contribution in [3.63, 3.8) is 0 Å². The third kappa shape index (κ3) is 9.30. The average Bonchev–Trinajstić information content (AvgIpc) is 2.41. The molecule has 1 aromatic rings. The number of carboxylic acids is 2. The van der Waals surface area contributed by atoms with E-state index < -0.39 is 18.1 Å². The number of nitrogens with one attached hydrogen (secondary N) is 1. The van der Waals surface area contributed by atoms with E-state index in [1.165, 1.54) is 18.2 Å². The van der Waals surface area contributed by atoms with E-state index in [9.17, 15) is 22.4 Å². The highest BCUT2D eigenvalue weighted by atomic mass is 19.4. The number of hydrogen-bond donors (Lipinski definition) is 3. The van der Waals surface area contributed by atoms with E-state index >= 15 is 0 Å². The lowest BCUT2D eigenvalue weighted by molar-refractivity contribution is -0.192. The zero-order valence-electron chi connectivity index (χ0n) is 12.0. The van der Waals surface area contributed by atoms with Gasteiger partial charge < -0.3 is 20.3 Å². The highest BCUT2D eigenvalue weighted by molar-refractivity contribution is 5.73. The first-order valence-corrected chi connectivity index (χ1v) is 6.15. The van der Waals surface area contributed by atoms with Crippen molar-refractivity contribution < 1.29 is 42.1 Å². The topological polar surface area (TPSA) is 95.9 Å². The summed E-state index contributed by atoms with van der Waals surface area (Å²) in [5.41, 5.74) is 0.674. The minimum absolute atomic E-state index is 0.0730. The maximum atomic E-state index is 12.9. The van der Waals surface area contributed by atoms with Crippen LogP contribution in [0.1, 0.15) is 12.0 Å². The molecule has 0 atom stereocenters. The summed E-state index contributed by atoms with van der Waals surface area (Å²) >= 11 is 0. The Morgan fingerprint density at radius 2 is 1.83 bits per heavy atom. The number of halogens is 4. The fourth-order valence-electron chi connectivity index (χ4n) is 1.27. The molecule has 0 saturated carbocycles. The minimum Gasteiger partial charge on any atom is -0.493 e. The molecule has 1 rings (SSSR count). The van der Waals surface area contributed by atoms with Gasteiger partial charge in [-0.3, -0.25) is 4.79 Å². The molecule has 0 aliphatic rings. The highest BCUT2D eigenvalue weighted by Crippen LogP contribution is 2.19. The van der Waals surface area contributed by atoms with Crippen LogP contribution in [0.15, 0.2) is 18.2 Å². The standard InChI is InChI=1S/C11H14FNO3.C2HF3O2/c1-13-7-8-6-9(12)2-3-10(8)16-5-4-11(14)15;3-2(4,5)1(6)7/h2-3,6,13H,4-5,7H2,1H3,(H,14,15);(H,6,7). The second-order valence-corrected chi connectivity index (χ2v) is 4.08. The van der Waals surface area contributed by atoms with Crippen LogP contribution in [0.4, 0.5) is 17.6 Å². The van der Waals surface area contributed by atoms with Crippen molar-refractivity contribution >= 4 is 11.9 Å². The molecule has 0 amide bonds. The maximum absolute atomic E-state index is 12.9. The van der Waals surface area contributed by atoms with E-state index in [4.69, 9.17) is 19.7 Å². The molecule has 0 radical (unpaired) electrons. The van der Waals surface area contributed by atoms with E-state index in [1.54, 1.807) is 7.05 Å². The summed E-state index contributed by atoms with van der Waals surface area (Å²) in [6.45, 7) is 0.553. The Balaban J connectivity index is 0.000000585. The van der Waals surface area contributed by atoms with Crippen molar-refractivity contribution in [2.24, 2.45) is 0 Å². The normalized spacial score (nSPS) is 10.5. The first kappa shape index (κ1) is 20.6. The molecule has 0 bridgehead atoms. The second kappa shape index (κ2) is 9.62. The van der Waals surface area contributed by atoms with Crippen molar-refractivity contribution in [2.75, 3.05) is 13.7 Å². The van der Waals surface area contributed by atoms with Gasteiger partial charge in [0.2, 0.25) is 0 Å². The summed E-state index contributed by atoms with van der Waals surface area (Å²) in [5.74, 6) is -3.50. The van der Waals surface area contributed by atoms with Gasteiger partial charge in [0.25, 0.3) is 0 Å². The SMILES string of the molecule is CNCc1cc(F)ccc1OCCC(=O)O.O=C(O)C(F)(F)F. The van der Waals surface area contributed by atoms with Gasteiger partial charge in [-0.15, -0.1) is 0 Å². The number of hydrogen-bond acceptors (Lipinski definition) is 4. The summed E-state index contributed by atoms with van der Waals surface area (Å²) in [5, 5.41) is 18.5. The summed E-state index contributed by atoms with van der Waals surface area (Å²) in [6, 6.07) is 4.16. The van der Waals surface area contributed by atoms with Gasteiger partial charge in [0.1, 0.15) is 11.6 Å². The number of aliphatic carboxylic acids is 2. The maximum Gasteiger partial charge on any atom is 0.490 e. The first-order chi connectivity index (χ1) is 10.6. The Bertz CT molecular complexity index is 534. The molecule has 0 aliphatic heterocycles. The van der Waals surface area contributed by atoms with Crippen LogP contribution in [-0.4, -0.2) is 42.0 Å². The van der Waals surface area contributed by atoms with E-state index in [0.29, 0.717) is 17.9 Å². The fraction of sp³-hybridized carbons (Fsp3) is 0.385. The summed E-state index contributed by atoms with van der Waals surface area (Å²) in [4.78, 5) is 19.2. The largest absolute Gasteiger partial charge is 0.493 e. The van der Waals surface area contributed by atoms with Crippen molar-refractivity contribution in [1.29, 1.82) is 0 Å². The molecule has 23 heavy (non-hydrogen) atoms. The van der Waals surface area contributed by atoms with Crippen LogP contribution in [0, 0.1) is 5.82 Å². The third-order valence-corrected chi connectivity index (χ3v) is 2.21. The monoisotopic (exact) mass is 341 g/mol. The van der Waals surface area contributed by atoms with Crippen molar-refractivity contribution in [1.82, 2.24) is 5.32 Å².